The lowest BCUT2D eigenvalue weighted by molar-refractivity contribution is -0.0874. The minimum Gasteiger partial charge on any atom is -0.376 e. The predicted molar refractivity (Wildman–Crippen MR) is 120 cm³/mol. The number of hydrogen-bond acceptors (Lipinski definition) is 2. The molecule has 5 aliphatic rings. The standard InChI is InChI=1S/C25H36N2S/c1-23-11-19-12-24(15-23,20-5-3-2-4-6-20)17-25(13-19,16-23)22(28)27-21-9-7-18(14-26)8-10-21/h2-6,18-19,21H,7-17,26H2,1H3,(H,27,28)/t18-,19?,21-,23-,24-,25?/m1/s1. The molecule has 1 aromatic carbocycles. The largest absolute Gasteiger partial charge is 0.376 e. The van der Waals surface area contributed by atoms with Crippen molar-refractivity contribution in [1.29, 1.82) is 0 Å². The van der Waals surface area contributed by atoms with E-state index in [0.717, 1.165) is 18.4 Å². The van der Waals surface area contributed by atoms with Crippen LogP contribution in [0, 0.1) is 22.7 Å². The lowest BCUT2D eigenvalue weighted by Gasteiger charge is -2.66. The van der Waals surface area contributed by atoms with Gasteiger partial charge >= 0.3 is 0 Å². The molecule has 0 radical (unpaired) electrons. The van der Waals surface area contributed by atoms with Crippen molar-refractivity contribution in [1.82, 2.24) is 5.32 Å². The number of nitrogens with two attached hydrogens (primary N) is 1. The highest BCUT2D eigenvalue weighted by Crippen LogP contribution is 2.70. The summed E-state index contributed by atoms with van der Waals surface area (Å²) in [5, 5.41) is 3.90. The molecule has 1 aromatic rings. The molecule has 0 spiro atoms. The van der Waals surface area contributed by atoms with Crippen LogP contribution in [0.2, 0.25) is 0 Å². The van der Waals surface area contributed by atoms with Gasteiger partial charge in [-0.1, -0.05) is 49.5 Å². The lowest BCUT2D eigenvalue weighted by Crippen LogP contribution is -2.62. The van der Waals surface area contributed by atoms with E-state index in [2.05, 4.69) is 42.6 Å². The first-order valence-electron chi connectivity index (χ1n) is 11.5. The summed E-state index contributed by atoms with van der Waals surface area (Å²) in [5.74, 6) is 1.57. The Morgan fingerprint density at radius 3 is 2.46 bits per heavy atom. The van der Waals surface area contributed by atoms with Gasteiger partial charge in [-0.05, 0) is 99.0 Å². The Morgan fingerprint density at radius 1 is 1.04 bits per heavy atom. The maximum atomic E-state index is 6.20. The first kappa shape index (κ1) is 19.1. The number of benzene rings is 1. The van der Waals surface area contributed by atoms with Crippen molar-refractivity contribution in [2.45, 2.75) is 82.6 Å². The summed E-state index contributed by atoms with van der Waals surface area (Å²) in [7, 11) is 0. The van der Waals surface area contributed by atoms with Gasteiger partial charge in [0.25, 0.3) is 0 Å². The average Bonchev–Trinajstić information content (AvgIpc) is 2.67. The first-order chi connectivity index (χ1) is 13.4. The first-order valence-corrected chi connectivity index (χ1v) is 11.9. The maximum absolute atomic E-state index is 6.20. The van der Waals surface area contributed by atoms with Crippen molar-refractivity contribution in [3.63, 3.8) is 0 Å². The molecule has 3 N–H and O–H groups in total. The molecular formula is C25H36N2S. The second kappa shape index (κ2) is 6.80. The van der Waals surface area contributed by atoms with Gasteiger partial charge in [-0.3, -0.25) is 0 Å². The number of hydrogen-bond donors (Lipinski definition) is 2. The van der Waals surface area contributed by atoms with E-state index < -0.39 is 0 Å². The summed E-state index contributed by atoms with van der Waals surface area (Å²) in [6.45, 7) is 3.40. The Hall–Kier alpha value is -0.930. The summed E-state index contributed by atoms with van der Waals surface area (Å²) in [6.07, 6.45) is 13.0. The van der Waals surface area contributed by atoms with E-state index in [1.807, 2.05) is 0 Å². The molecule has 3 heteroatoms. The lowest BCUT2D eigenvalue weighted by atomic mass is 9.39. The third kappa shape index (κ3) is 3.13. The smallest absolute Gasteiger partial charge is 0.0818 e. The third-order valence-electron chi connectivity index (χ3n) is 8.73. The molecule has 0 saturated heterocycles. The van der Waals surface area contributed by atoms with Crippen molar-refractivity contribution < 1.29 is 0 Å². The molecule has 2 unspecified atom stereocenters. The molecule has 0 heterocycles. The monoisotopic (exact) mass is 396 g/mol. The Kier molecular flexibility index (Phi) is 4.63. The molecule has 5 saturated carbocycles. The molecule has 5 fully saturated rings. The summed E-state index contributed by atoms with van der Waals surface area (Å²) < 4.78 is 0. The Morgan fingerprint density at radius 2 is 1.79 bits per heavy atom. The van der Waals surface area contributed by atoms with Crippen LogP contribution in [0.3, 0.4) is 0 Å². The van der Waals surface area contributed by atoms with Crippen LogP contribution in [-0.2, 0) is 5.41 Å². The highest BCUT2D eigenvalue weighted by molar-refractivity contribution is 7.80. The van der Waals surface area contributed by atoms with Gasteiger partial charge in [-0.25, -0.2) is 0 Å². The second-order valence-electron chi connectivity index (χ2n) is 11.2. The van der Waals surface area contributed by atoms with Crippen LogP contribution in [0.1, 0.15) is 76.7 Å². The Balaban J connectivity index is 1.39. The van der Waals surface area contributed by atoms with E-state index in [1.165, 1.54) is 69.2 Å². The van der Waals surface area contributed by atoms with Gasteiger partial charge in [-0.2, -0.15) is 0 Å². The minimum absolute atomic E-state index is 0.226. The van der Waals surface area contributed by atoms with E-state index in [0.29, 0.717) is 16.9 Å². The topological polar surface area (TPSA) is 38.0 Å². The van der Waals surface area contributed by atoms with Crippen molar-refractivity contribution in [2.75, 3.05) is 6.54 Å². The van der Waals surface area contributed by atoms with Crippen molar-refractivity contribution >= 4 is 17.2 Å². The summed E-state index contributed by atoms with van der Waals surface area (Å²) in [5.41, 5.74) is 8.49. The van der Waals surface area contributed by atoms with Gasteiger partial charge in [0, 0.05) is 11.5 Å². The summed E-state index contributed by atoms with van der Waals surface area (Å²) in [6, 6.07) is 12.0. The zero-order chi connectivity index (χ0) is 19.4. The molecule has 2 nitrogen and oxygen atoms in total. The van der Waals surface area contributed by atoms with E-state index in [9.17, 15) is 0 Å². The van der Waals surface area contributed by atoms with Gasteiger partial charge in [0.15, 0.2) is 0 Å². The summed E-state index contributed by atoms with van der Waals surface area (Å²) in [4.78, 5) is 1.21. The average molecular weight is 397 g/mol. The van der Waals surface area contributed by atoms with Crippen LogP contribution >= 0.6 is 12.2 Å². The van der Waals surface area contributed by atoms with Crippen LogP contribution in [0.25, 0.3) is 0 Å². The van der Waals surface area contributed by atoms with Crippen molar-refractivity contribution in [3.8, 4) is 0 Å². The van der Waals surface area contributed by atoms with Gasteiger partial charge < -0.3 is 11.1 Å². The van der Waals surface area contributed by atoms with Crippen molar-refractivity contribution in [3.05, 3.63) is 35.9 Å². The third-order valence-corrected chi connectivity index (χ3v) is 9.28. The van der Waals surface area contributed by atoms with E-state index >= 15 is 0 Å². The fourth-order valence-electron chi connectivity index (χ4n) is 8.17. The SMILES string of the molecule is C[C@]12CC3CC(C(=S)N[C@H]4CC[C@H](CN)CC4)(C1)C[C@@](c1ccccc1)(C3)C2. The molecule has 4 bridgehead atoms. The van der Waals surface area contributed by atoms with E-state index in [-0.39, 0.29) is 5.41 Å². The Bertz CT molecular complexity index is 740. The Labute approximate surface area is 176 Å². The molecule has 4 atom stereocenters. The maximum Gasteiger partial charge on any atom is 0.0818 e. The molecule has 0 aromatic heterocycles. The van der Waals surface area contributed by atoms with Crippen LogP contribution in [-0.4, -0.2) is 17.6 Å². The minimum atomic E-state index is 0.226. The van der Waals surface area contributed by atoms with E-state index in [4.69, 9.17) is 18.0 Å². The fraction of sp³-hybridized carbons (Fsp3) is 0.720. The van der Waals surface area contributed by atoms with Crippen LogP contribution < -0.4 is 11.1 Å². The zero-order valence-electron chi connectivity index (χ0n) is 17.4. The van der Waals surface area contributed by atoms with E-state index in [1.54, 1.807) is 5.56 Å². The van der Waals surface area contributed by atoms with Gasteiger partial charge in [0.1, 0.15) is 0 Å². The van der Waals surface area contributed by atoms with Gasteiger partial charge in [-0.15, -0.1) is 0 Å². The summed E-state index contributed by atoms with van der Waals surface area (Å²) >= 11 is 6.20. The molecule has 0 amide bonds. The number of thiocarbonyl (C=S) groups is 1. The molecule has 28 heavy (non-hydrogen) atoms. The highest BCUT2D eigenvalue weighted by atomic mass is 32.1. The molecule has 6 rings (SSSR count). The van der Waals surface area contributed by atoms with Gasteiger partial charge in [0.2, 0.25) is 0 Å². The molecule has 5 aliphatic carbocycles. The number of rotatable bonds is 4. The van der Waals surface area contributed by atoms with Gasteiger partial charge in [0.05, 0.1) is 4.99 Å². The number of nitrogens with one attached hydrogen (secondary N) is 1. The normalized spacial score (nSPS) is 44.4. The second-order valence-corrected chi connectivity index (χ2v) is 11.6. The highest BCUT2D eigenvalue weighted by Gasteiger charge is 2.63. The molecule has 0 aliphatic heterocycles. The quantitative estimate of drug-likeness (QED) is 0.674. The fourth-order valence-corrected chi connectivity index (χ4v) is 8.56. The van der Waals surface area contributed by atoms with Crippen LogP contribution in [0.4, 0.5) is 0 Å². The molecule has 152 valence electrons. The predicted octanol–water partition coefficient (Wildman–Crippen LogP) is 5.35. The van der Waals surface area contributed by atoms with Crippen LogP contribution in [0.15, 0.2) is 30.3 Å². The van der Waals surface area contributed by atoms with Crippen molar-refractivity contribution in [2.24, 2.45) is 28.4 Å². The molecular weight excluding hydrogens is 360 g/mol. The van der Waals surface area contributed by atoms with Crippen LogP contribution in [0.5, 0.6) is 0 Å². The zero-order valence-corrected chi connectivity index (χ0v) is 18.2.